The van der Waals surface area contributed by atoms with Crippen molar-refractivity contribution in [2.75, 3.05) is 26.2 Å². The Morgan fingerprint density at radius 2 is 1.58 bits per heavy atom. The molecule has 5 nitrogen and oxygen atoms in total. The molecule has 7 heteroatoms. The minimum Gasteiger partial charge on any atom is -0.395 e. The van der Waals surface area contributed by atoms with Crippen LogP contribution in [0, 0.1) is 11.6 Å². The Morgan fingerprint density at radius 3 is 2.17 bits per heavy atom. The van der Waals surface area contributed by atoms with Gasteiger partial charge in [0.15, 0.2) is 0 Å². The van der Waals surface area contributed by atoms with E-state index < -0.39 is 0 Å². The third-order valence-electron chi connectivity index (χ3n) is 4.21. The van der Waals surface area contributed by atoms with Gasteiger partial charge in [0.2, 0.25) is 0 Å². The molecule has 0 unspecified atom stereocenters. The van der Waals surface area contributed by atoms with Gasteiger partial charge in [-0.1, -0.05) is 0 Å². The normalized spacial score (nSPS) is 19.5. The Labute approximate surface area is 139 Å². The van der Waals surface area contributed by atoms with E-state index in [2.05, 4.69) is 19.8 Å². The first kappa shape index (κ1) is 16.9. The molecule has 0 bridgehead atoms. The molecule has 1 saturated heterocycles. The van der Waals surface area contributed by atoms with E-state index in [9.17, 15) is 13.9 Å². The summed E-state index contributed by atoms with van der Waals surface area (Å²) in [5.41, 5.74) is 1.60. The van der Waals surface area contributed by atoms with E-state index in [1.54, 1.807) is 12.4 Å². The van der Waals surface area contributed by atoms with E-state index in [-0.39, 0.29) is 24.3 Å². The third kappa shape index (κ3) is 4.31. The fourth-order valence-corrected chi connectivity index (χ4v) is 3.06. The lowest BCUT2D eigenvalue weighted by atomic mass is 10.1. The number of rotatable bonds is 5. The molecule has 2 aromatic heterocycles. The van der Waals surface area contributed by atoms with Gasteiger partial charge in [-0.15, -0.1) is 0 Å². The van der Waals surface area contributed by atoms with E-state index in [0.717, 1.165) is 24.2 Å². The van der Waals surface area contributed by atoms with E-state index in [1.165, 1.54) is 24.5 Å². The molecule has 1 aliphatic heterocycles. The van der Waals surface area contributed by atoms with Crippen LogP contribution in [0.5, 0.6) is 0 Å². The first-order valence-corrected chi connectivity index (χ1v) is 7.90. The molecule has 24 heavy (non-hydrogen) atoms. The molecule has 2 aromatic rings. The summed E-state index contributed by atoms with van der Waals surface area (Å²) in [6.45, 7) is 3.35. The van der Waals surface area contributed by atoms with Crippen molar-refractivity contribution in [3.8, 4) is 0 Å². The second-order valence-electron chi connectivity index (χ2n) is 6.06. The van der Waals surface area contributed by atoms with Crippen LogP contribution in [0.25, 0.3) is 0 Å². The van der Waals surface area contributed by atoms with E-state index in [4.69, 9.17) is 0 Å². The molecule has 3 heterocycles. The molecule has 0 amide bonds. The third-order valence-corrected chi connectivity index (χ3v) is 4.21. The number of aliphatic hydroxyl groups excluding tert-OH is 1. The highest BCUT2D eigenvalue weighted by Crippen LogP contribution is 2.16. The van der Waals surface area contributed by atoms with Gasteiger partial charge in [0.05, 0.1) is 19.0 Å². The number of aliphatic hydroxyl groups is 1. The minimum atomic E-state index is -0.356. The Morgan fingerprint density at radius 1 is 0.958 bits per heavy atom. The molecule has 1 aliphatic rings. The van der Waals surface area contributed by atoms with Crippen LogP contribution in [0.15, 0.2) is 36.9 Å². The zero-order chi connectivity index (χ0) is 16.9. The molecule has 3 rings (SSSR count). The van der Waals surface area contributed by atoms with Gasteiger partial charge >= 0.3 is 0 Å². The van der Waals surface area contributed by atoms with Gasteiger partial charge in [0.25, 0.3) is 0 Å². The molecule has 0 aliphatic carbocycles. The molecule has 0 radical (unpaired) electrons. The maximum absolute atomic E-state index is 13.3. The molecule has 128 valence electrons. The van der Waals surface area contributed by atoms with E-state index in [1.807, 2.05) is 0 Å². The fraction of sp³-hybridized carbons (Fsp3) is 0.412. The van der Waals surface area contributed by atoms with Crippen molar-refractivity contribution in [1.82, 2.24) is 19.8 Å². The maximum atomic E-state index is 13.3. The predicted molar refractivity (Wildman–Crippen MR) is 85.0 cm³/mol. The highest BCUT2D eigenvalue weighted by molar-refractivity contribution is 5.12. The topological polar surface area (TPSA) is 52.5 Å². The fourth-order valence-electron chi connectivity index (χ4n) is 3.06. The van der Waals surface area contributed by atoms with Gasteiger partial charge in [-0.3, -0.25) is 19.8 Å². The molecule has 0 aromatic carbocycles. The predicted octanol–water partition coefficient (Wildman–Crippen LogP) is 1.43. The van der Waals surface area contributed by atoms with Crippen LogP contribution in [-0.2, 0) is 13.1 Å². The van der Waals surface area contributed by atoms with Gasteiger partial charge in [-0.25, -0.2) is 8.78 Å². The smallest absolute Gasteiger partial charge is 0.141 e. The summed E-state index contributed by atoms with van der Waals surface area (Å²) in [6, 6.07) is 2.89. The zero-order valence-corrected chi connectivity index (χ0v) is 13.3. The standard InChI is InChI=1S/C17H20F2N4O/c18-15-3-13(5-20-7-15)9-22-1-2-23(17(11-22)12-24)10-14-4-16(19)8-21-6-14/h3-8,17,24H,1-2,9-12H2/t17-/m1/s1. The number of hydrogen-bond acceptors (Lipinski definition) is 5. The number of pyridine rings is 2. The summed E-state index contributed by atoms with van der Waals surface area (Å²) in [4.78, 5) is 12.0. The van der Waals surface area contributed by atoms with Crippen LogP contribution in [0.4, 0.5) is 8.78 Å². The minimum absolute atomic E-state index is 0.0145. The first-order valence-electron chi connectivity index (χ1n) is 7.90. The molecular weight excluding hydrogens is 314 g/mol. The van der Waals surface area contributed by atoms with Gasteiger partial charge in [-0.2, -0.15) is 0 Å². The molecular formula is C17H20F2N4O. The van der Waals surface area contributed by atoms with Gasteiger partial charge in [0.1, 0.15) is 11.6 Å². The summed E-state index contributed by atoms with van der Waals surface area (Å²) in [7, 11) is 0. The van der Waals surface area contributed by atoms with Crippen molar-refractivity contribution in [2.45, 2.75) is 19.1 Å². The number of nitrogens with zero attached hydrogens (tertiary/aromatic N) is 4. The van der Waals surface area contributed by atoms with Crippen LogP contribution >= 0.6 is 0 Å². The van der Waals surface area contributed by atoms with E-state index in [0.29, 0.717) is 19.6 Å². The summed E-state index contributed by atoms with van der Waals surface area (Å²) < 4.78 is 26.5. The number of aromatic nitrogens is 2. The second-order valence-corrected chi connectivity index (χ2v) is 6.06. The number of piperazine rings is 1. The SMILES string of the molecule is OC[C@H]1CN(Cc2cncc(F)c2)CCN1Cc1cncc(F)c1. The zero-order valence-electron chi connectivity index (χ0n) is 13.3. The summed E-state index contributed by atoms with van der Waals surface area (Å²) in [5, 5.41) is 9.69. The summed E-state index contributed by atoms with van der Waals surface area (Å²) in [5.74, 6) is -0.700. The van der Waals surface area contributed by atoms with Gasteiger partial charge in [0, 0.05) is 51.2 Å². The van der Waals surface area contributed by atoms with E-state index >= 15 is 0 Å². The molecule has 0 saturated carbocycles. The van der Waals surface area contributed by atoms with Crippen LogP contribution < -0.4 is 0 Å². The lowest BCUT2D eigenvalue weighted by molar-refractivity contribution is 0.0314. The summed E-state index contributed by atoms with van der Waals surface area (Å²) >= 11 is 0. The van der Waals surface area contributed by atoms with Crippen molar-refractivity contribution in [1.29, 1.82) is 0 Å². The van der Waals surface area contributed by atoms with Gasteiger partial charge in [-0.05, 0) is 23.3 Å². The maximum Gasteiger partial charge on any atom is 0.141 e. The Hall–Kier alpha value is -1.96. The Balaban J connectivity index is 1.61. The molecule has 1 fully saturated rings. The van der Waals surface area contributed by atoms with Crippen LogP contribution in [0.1, 0.15) is 11.1 Å². The average Bonchev–Trinajstić information content (AvgIpc) is 2.56. The monoisotopic (exact) mass is 334 g/mol. The first-order chi connectivity index (χ1) is 11.6. The van der Waals surface area contributed by atoms with Crippen LogP contribution in [0.2, 0.25) is 0 Å². The average molecular weight is 334 g/mol. The Bertz CT molecular complexity index is 685. The van der Waals surface area contributed by atoms with Crippen molar-refractivity contribution in [3.05, 3.63) is 59.7 Å². The highest BCUT2D eigenvalue weighted by Gasteiger charge is 2.26. The van der Waals surface area contributed by atoms with Crippen molar-refractivity contribution in [2.24, 2.45) is 0 Å². The number of hydrogen-bond donors (Lipinski definition) is 1. The van der Waals surface area contributed by atoms with Crippen LogP contribution in [0.3, 0.4) is 0 Å². The quantitative estimate of drug-likeness (QED) is 0.897. The lowest BCUT2D eigenvalue weighted by Crippen LogP contribution is -2.53. The largest absolute Gasteiger partial charge is 0.395 e. The lowest BCUT2D eigenvalue weighted by Gasteiger charge is -2.40. The highest BCUT2D eigenvalue weighted by atomic mass is 19.1. The van der Waals surface area contributed by atoms with Crippen molar-refractivity contribution in [3.63, 3.8) is 0 Å². The molecule has 1 atom stereocenters. The van der Waals surface area contributed by atoms with Crippen molar-refractivity contribution < 1.29 is 13.9 Å². The van der Waals surface area contributed by atoms with Gasteiger partial charge < -0.3 is 5.11 Å². The molecule has 0 spiro atoms. The second kappa shape index (κ2) is 7.74. The Kier molecular flexibility index (Phi) is 5.44. The van der Waals surface area contributed by atoms with Crippen LogP contribution in [-0.4, -0.2) is 57.2 Å². The van der Waals surface area contributed by atoms with Crippen molar-refractivity contribution >= 4 is 0 Å². The summed E-state index contributed by atoms with van der Waals surface area (Å²) in [6.07, 6.45) is 5.66. The molecule has 1 N–H and O–H groups in total. The number of halogens is 2.